The molecular formula is C16H21BrO3. The second-order valence-electron chi connectivity index (χ2n) is 5.77. The molecule has 1 aromatic carbocycles. The van der Waals surface area contributed by atoms with Crippen molar-refractivity contribution in [2.75, 3.05) is 13.7 Å². The Hall–Kier alpha value is -0.740. The Morgan fingerprint density at radius 2 is 2.10 bits per heavy atom. The molecule has 2 fully saturated rings. The van der Waals surface area contributed by atoms with Gasteiger partial charge in [0, 0.05) is 12.8 Å². The average Bonchev–Trinajstić information content (AvgIpc) is 2.89. The largest absolute Gasteiger partial charge is 0.497 e. The third-order valence-corrected chi connectivity index (χ3v) is 5.01. The lowest BCUT2D eigenvalue weighted by Crippen LogP contribution is -2.41. The van der Waals surface area contributed by atoms with Gasteiger partial charge in [-0.2, -0.15) is 0 Å². The van der Waals surface area contributed by atoms with E-state index < -0.39 is 0 Å². The van der Waals surface area contributed by atoms with Crippen LogP contribution in [-0.2, 0) is 4.74 Å². The van der Waals surface area contributed by atoms with Gasteiger partial charge in [-0.25, -0.2) is 0 Å². The van der Waals surface area contributed by atoms with Crippen LogP contribution in [-0.4, -0.2) is 25.4 Å². The van der Waals surface area contributed by atoms with Gasteiger partial charge < -0.3 is 14.2 Å². The van der Waals surface area contributed by atoms with Crippen molar-refractivity contribution in [2.24, 2.45) is 0 Å². The molecule has 3 nitrogen and oxygen atoms in total. The zero-order valence-electron chi connectivity index (χ0n) is 11.9. The third kappa shape index (κ3) is 2.96. The maximum absolute atomic E-state index is 6.19. The van der Waals surface area contributed by atoms with Crippen LogP contribution in [0, 0.1) is 0 Å². The van der Waals surface area contributed by atoms with Gasteiger partial charge in [0.25, 0.3) is 0 Å². The van der Waals surface area contributed by atoms with E-state index in [1.807, 2.05) is 18.2 Å². The predicted molar refractivity (Wildman–Crippen MR) is 81.5 cm³/mol. The summed E-state index contributed by atoms with van der Waals surface area (Å²) in [5, 5.41) is 0. The molecule has 0 N–H and O–H groups in total. The van der Waals surface area contributed by atoms with Crippen LogP contribution >= 0.6 is 15.9 Å². The Labute approximate surface area is 128 Å². The summed E-state index contributed by atoms with van der Waals surface area (Å²) >= 11 is 3.55. The molecule has 1 heterocycles. The SMILES string of the molecule is COc1ccc(OC2CCOC3(CCCC3)C2)c(Br)c1. The number of hydrogen-bond acceptors (Lipinski definition) is 3. The molecule has 1 aromatic rings. The Morgan fingerprint density at radius 1 is 1.30 bits per heavy atom. The molecule has 1 saturated carbocycles. The van der Waals surface area contributed by atoms with Crippen LogP contribution in [0.25, 0.3) is 0 Å². The van der Waals surface area contributed by atoms with Crippen molar-refractivity contribution in [1.29, 1.82) is 0 Å². The van der Waals surface area contributed by atoms with Crippen LogP contribution < -0.4 is 9.47 Å². The average molecular weight is 341 g/mol. The summed E-state index contributed by atoms with van der Waals surface area (Å²) in [7, 11) is 1.67. The minimum absolute atomic E-state index is 0.0991. The summed E-state index contributed by atoms with van der Waals surface area (Å²) in [4.78, 5) is 0. The first-order valence-corrected chi connectivity index (χ1v) is 8.14. The second-order valence-corrected chi connectivity index (χ2v) is 6.62. The highest BCUT2D eigenvalue weighted by atomic mass is 79.9. The van der Waals surface area contributed by atoms with Crippen LogP contribution in [0.5, 0.6) is 11.5 Å². The Balaban J connectivity index is 1.68. The predicted octanol–water partition coefficient (Wildman–Crippen LogP) is 4.33. The van der Waals surface area contributed by atoms with Crippen molar-refractivity contribution in [2.45, 2.75) is 50.2 Å². The van der Waals surface area contributed by atoms with Gasteiger partial charge in [0.2, 0.25) is 0 Å². The number of benzene rings is 1. The van der Waals surface area contributed by atoms with E-state index in [2.05, 4.69) is 15.9 Å². The number of methoxy groups -OCH3 is 1. The standard InChI is InChI=1S/C16H21BrO3/c1-18-12-4-5-15(14(17)10-12)20-13-6-9-19-16(11-13)7-2-3-8-16/h4-5,10,13H,2-3,6-9,11H2,1H3. The fraction of sp³-hybridized carbons (Fsp3) is 0.625. The summed E-state index contributed by atoms with van der Waals surface area (Å²) in [6, 6.07) is 5.85. The summed E-state index contributed by atoms with van der Waals surface area (Å²) in [6.45, 7) is 0.818. The molecule has 1 saturated heterocycles. The molecular weight excluding hydrogens is 320 g/mol. The van der Waals surface area contributed by atoms with Crippen LogP contribution in [0.1, 0.15) is 38.5 Å². The molecule has 0 bridgehead atoms. The molecule has 1 spiro atoms. The van der Waals surface area contributed by atoms with Gasteiger partial charge in [0.15, 0.2) is 0 Å². The van der Waals surface area contributed by atoms with Crippen LogP contribution in [0.3, 0.4) is 0 Å². The van der Waals surface area contributed by atoms with Gasteiger partial charge in [-0.05, 0) is 47.0 Å². The minimum atomic E-state index is 0.0991. The maximum Gasteiger partial charge on any atom is 0.134 e. The van der Waals surface area contributed by atoms with Gasteiger partial charge in [-0.15, -0.1) is 0 Å². The van der Waals surface area contributed by atoms with E-state index in [-0.39, 0.29) is 11.7 Å². The monoisotopic (exact) mass is 340 g/mol. The summed E-state index contributed by atoms with van der Waals surface area (Å²) in [5.74, 6) is 1.73. The molecule has 4 heteroatoms. The number of hydrogen-bond donors (Lipinski definition) is 0. The molecule has 20 heavy (non-hydrogen) atoms. The first-order chi connectivity index (χ1) is 9.71. The maximum atomic E-state index is 6.19. The number of ether oxygens (including phenoxy) is 3. The minimum Gasteiger partial charge on any atom is -0.497 e. The molecule has 1 atom stereocenters. The van der Waals surface area contributed by atoms with Gasteiger partial charge in [-0.3, -0.25) is 0 Å². The fourth-order valence-corrected chi connectivity index (χ4v) is 3.79. The van der Waals surface area contributed by atoms with Gasteiger partial charge >= 0.3 is 0 Å². The Kier molecular flexibility index (Phi) is 4.22. The molecule has 3 rings (SSSR count). The highest BCUT2D eigenvalue weighted by Crippen LogP contribution is 2.41. The lowest BCUT2D eigenvalue weighted by Gasteiger charge is -2.38. The topological polar surface area (TPSA) is 27.7 Å². The van der Waals surface area contributed by atoms with Gasteiger partial charge in [-0.1, -0.05) is 12.8 Å². The van der Waals surface area contributed by atoms with Crippen molar-refractivity contribution in [1.82, 2.24) is 0 Å². The van der Waals surface area contributed by atoms with Crippen LogP contribution in [0.4, 0.5) is 0 Å². The quantitative estimate of drug-likeness (QED) is 0.819. The van der Waals surface area contributed by atoms with E-state index in [1.165, 1.54) is 25.7 Å². The first-order valence-electron chi connectivity index (χ1n) is 7.35. The van der Waals surface area contributed by atoms with Crippen LogP contribution in [0.15, 0.2) is 22.7 Å². The van der Waals surface area contributed by atoms with E-state index in [1.54, 1.807) is 7.11 Å². The van der Waals surface area contributed by atoms with Crippen LogP contribution in [0.2, 0.25) is 0 Å². The molecule has 1 aliphatic carbocycles. The molecule has 1 unspecified atom stereocenters. The zero-order valence-corrected chi connectivity index (χ0v) is 13.4. The van der Waals surface area contributed by atoms with E-state index in [0.717, 1.165) is 35.4 Å². The highest BCUT2D eigenvalue weighted by molar-refractivity contribution is 9.10. The molecule has 1 aliphatic heterocycles. The summed E-state index contributed by atoms with van der Waals surface area (Å²) in [5.41, 5.74) is 0.0991. The van der Waals surface area contributed by atoms with Crippen molar-refractivity contribution in [3.05, 3.63) is 22.7 Å². The number of rotatable bonds is 3. The molecule has 0 radical (unpaired) electrons. The molecule has 110 valence electrons. The molecule has 0 aromatic heterocycles. The normalized spacial score (nSPS) is 24.8. The van der Waals surface area contributed by atoms with Crippen molar-refractivity contribution in [3.63, 3.8) is 0 Å². The Bertz CT molecular complexity index is 469. The van der Waals surface area contributed by atoms with Crippen molar-refractivity contribution < 1.29 is 14.2 Å². The van der Waals surface area contributed by atoms with E-state index >= 15 is 0 Å². The third-order valence-electron chi connectivity index (χ3n) is 4.40. The highest BCUT2D eigenvalue weighted by Gasteiger charge is 2.40. The molecule has 0 amide bonds. The lowest BCUT2D eigenvalue weighted by atomic mass is 9.90. The zero-order chi connectivity index (χ0) is 14.0. The van der Waals surface area contributed by atoms with Gasteiger partial charge in [0.05, 0.1) is 23.8 Å². The van der Waals surface area contributed by atoms with E-state index in [0.29, 0.717) is 0 Å². The molecule has 2 aliphatic rings. The van der Waals surface area contributed by atoms with Crippen molar-refractivity contribution in [3.8, 4) is 11.5 Å². The Morgan fingerprint density at radius 3 is 2.80 bits per heavy atom. The second kappa shape index (κ2) is 5.94. The van der Waals surface area contributed by atoms with Crippen molar-refractivity contribution >= 4 is 15.9 Å². The lowest BCUT2D eigenvalue weighted by molar-refractivity contribution is -0.108. The summed E-state index contributed by atoms with van der Waals surface area (Å²) < 4.78 is 18.4. The first kappa shape index (κ1) is 14.2. The van der Waals surface area contributed by atoms with E-state index in [4.69, 9.17) is 14.2 Å². The fourth-order valence-electron chi connectivity index (χ4n) is 3.33. The van der Waals surface area contributed by atoms with Gasteiger partial charge in [0.1, 0.15) is 17.6 Å². The smallest absolute Gasteiger partial charge is 0.134 e. The van der Waals surface area contributed by atoms with E-state index in [9.17, 15) is 0 Å². The number of halogens is 1. The summed E-state index contributed by atoms with van der Waals surface area (Å²) in [6.07, 6.45) is 7.21.